The first-order chi connectivity index (χ1) is 9.19. The van der Waals surface area contributed by atoms with Crippen LogP contribution in [0.15, 0.2) is 41.0 Å². The Morgan fingerprint density at radius 1 is 1.21 bits per heavy atom. The summed E-state index contributed by atoms with van der Waals surface area (Å²) in [5.41, 5.74) is 3.94. The second kappa shape index (κ2) is 6.96. The quantitative estimate of drug-likeness (QED) is 0.633. The van der Waals surface area contributed by atoms with Crippen molar-refractivity contribution in [1.29, 1.82) is 0 Å². The van der Waals surface area contributed by atoms with Crippen molar-refractivity contribution in [3.8, 4) is 0 Å². The summed E-state index contributed by atoms with van der Waals surface area (Å²) < 4.78 is 5.31. The predicted molar refractivity (Wildman–Crippen MR) is 78.3 cm³/mol. The van der Waals surface area contributed by atoms with Crippen LogP contribution in [-0.2, 0) is 12.8 Å². The van der Waals surface area contributed by atoms with Gasteiger partial charge in [0, 0.05) is 12.5 Å². The van der Waals surface area contributed by atoms with Gasteiger partial charge in [-0.15, -0.1) is 0 Å². The molecule has 1 aromatic carbocycles. The number of hydrogen-bond acceptors (Lipinski definition) is 3. The number of rotatable bonds is 6. The van der Waals surface area contributed by atoms with Crippen LogP contribution in [0.1, 0.15) is 17.7 Å². The van der Waals surface area contributed by atoms with Crippen LogP contribution in [0.5, 0.6) is 0 Å². The molecule has 0 saturated carbocycles. The second-order valence-corrected chi connectivity index (χ2v) is 5.25. The fraction of sp³-hybridized carbons (Fsp3) is 0.286. The van der Waals surface area contributed by atoms with Gasteiger partial charge in [-0.05, 0) is 42.7 Å². The summed E-state index contributed by atoms with van der Waals surface area (Å²) in [4.78, 5) is 0. The molecular formula is C14H16Cl2N2O. The molecule has 1 unspecified atom stereocenters. The van der Waals surface area contributed by atoms with Crippen molar-refractivity contribution < 1.29 is 4.42 Å². The van der Waals surface area contributed by atoms with Crippen LogP contribution in [0.3, 0.4) is 0 Å². The number of hydrogen-bond donors (Lipinski definition) is 2. The van der Waals surface area contributed by atoms with E-state index in [1.807, 2.05) is 24.3 Å². The molecule has 3 nitrogen and oxygen atoms in total. The molecule has 0 fully saturated rings. The van der Waals surface area contributed by atoms with E-state index in [-0.39, 0.29) is 6.04 Å². The van der Waals surface area contributed by atoms with Crippen molar-refractivity contribution in [1.82, 2.24) is 5.43 Å². The highest BCUT2D eigenvalue weighted by Gasteiger charge is 2.10. The lowest BCUT2D eigenvalue weighted by Crippen LogP contribution is -2.37. The standard InChI is InChI=1S/C14H16Cl2N2O/c15-13-6-3-10(9-14(13)16)8-11(18-17)4-5-12-2-1-7-19-12/h1-3,6-7,9,11,18H,4-5,8,17H2. The number of nitrogens with one attached hydrogen (secondary N) is 1. The summed E-state index contributed by atoms with van der Waals surface area (Å²) in [7, 11) is 0. The van der Waals surface area contributed by atoms with Crippen molar-refractivity contribution in [3.05, 3.63) is 58.0 Å². The number of nitrogens with two attached hydrogens (primary N) is 1. The van der Waals surface area contributed by atoms with E-state index in [0.29, 0.717) is 10.0 Å². The van der Waals surface area contributed by atoms with Crippen molar-refractivity contribution in [3.63, 3.8) is 0 Å². The zero-order valence-electron chi connectivity index (χ0n) is 10.4. The molecule has 2 aromatic rings. The van der Waals surface area contributed by atoms with Gasteiger partial charge in [-0.2, -0.15) is 0 Å². The summed E-state index contributed by atoms with van der Waals surface area (Å²) in [6.07, 6.45) is 4.22. The Morgan fingerprint density at radius 3 is 2.68 bits per heavy atom. The number of benzene rings is 1. The number of aryl methyl sites for hydroxylation is 1. The van der Waals surface area contributed by atoms with E-state index < -0.39 is 0 Å². The first-order valence-corrected chi connectivity index (χ1v) is 6.87. The first kappa shape index (κ1) is 14.4. The lowest BCUT2D eigenvalue weighted by Gasteiger charge is -2.15. The van der Waals surface area contributed by atoms with Gasteiger partial charge < -0.3 is 4.42 Å². The van der Waals surface area contributed by atoms with Gasteiger partial charge in [0.1, 0.15) is 5.76 Å². The third-order valence-corrected chi connectivity index (χ3v) is 3.76. The molecular weight excluding hydrogens is 283 g/mol. The largest absolute Gasteiger partial charge is 0.469 e. The summed E-state index contributed by atoms with van der Waals surface area (Å²) >= 11 is 11.9. The summed E-state index contributed by atoms with van der Waals surface area (Å²) in [5, 5.41) is 1.14. The van der Waals surface area contributed by atoms with E-state index in [2.05, 4.69) is 5.43 Å². The highest BCUT2D eigenvalue weighted by atomic mass is 35.5. The normalized spacial score (nSPS) is 12.6. The van der Waals surface area contributed by atoms with Gasteiger partial charge in [0.25, 0.3) is 0 Å². The summed E-state index contributed by atoms with van der Waals surface area (Å²) in [5.74, 6) is 6.56. The Balaban J connectivity index is 1.92. The highest BCUT2D eigenvalue weighted by molar-refractivity contribution is 6.42. The second-order valence-electron chi connectivity index (χ2n) is 4.43. The van der Waals surface area contributed by atoms with Gasteiger partial charge in [0.15, 0.2) is 0 Å². The molecule has 0 saturated heterocycles. The third-order valence-electron chi connectivity index (χ3n) is 3.02. The van der Waals surface area contributed by atoms with E-state index in [1.54, 1.807) is 12.3 Å². The van der Waals surface area contributed by atoms with Gasteiger partial charge in [-0.3, -0.25) is 11.3 Å². The van der Waals surface area contributed by atoms with Crippen molar-refractivity contribution in [2.75, 3.05) is 0 Å². The molecule has 2 rings (SSSR count). The molecule has 1 aromatic heterocycles. The van der Waals surface area contributed by atoms with Crippen molar-refractivity contribution in [2.24, 2.45) is 5.84 Å². The number of furan rings is 1. The van der Waals surface area contributed by atoms with Crippen LogP contribution >= 0.6 is 23.2 Å². The van der Waals surface area contributed by atoms with E-state index in [1.165, 1.54) is 0 Å². The molecule has 0 aliphatic rings. The molecule has 5 heteroatoms. The Labute approximate surface area is 122 Å². The number of halogens is 2. The summed E-state index contributed by atoms with van der Waals surface area (Å²) in [6, 6.07) is 9.67. The van der Waals surface area contributed by atoms with Crippen molar-refractivity contribution >= 4 is 23.2 Å². The van der Waals surface area contributed by atoms with Crippen LogP contribution in [0.4, 0.5) is 0 Å². The summed E-state index contributed by atoms with van der Waals surface area (Å²) in [6.45, 7) is 0. The Morgan fingerprint density at radius 2 is 2.05 bits per heavy atom. The molecule has 1 heterocycles. The molecule has 102 valence electrons. The van der Waals surface area contributed by atoms with E-state index in [0.717, 1.165) is 30.6 Å². The maximum Gasteiger partial charge on any atom is 0.103 e. The van der Waals surface area contributed by atoms with Gasteiger partial charge in [-0.25, -0.2) is 0 Å². The zero-order valence-corrected chi connectivity index (χ0v) is 11.9. The Bertz CT molecular complexity index is 514. The third kappa shape index (κ3) is 4.25. The molecule has 0 aliphatic carbocycles. The molecule has 3 N–H and O–H groups in total. The minimum absolute atomic E-state index is 0.169. The molecule has 0 bridgehead atoms. The molecule has 0 spiro atoms. The van der Waals surface area contributed by atoms with Crippen LogP contribution in [0, 0.1) is 0 Å². The lowest BCUT2D eigenvalue weighted by molar-refractivity contribution is 0.447. The molecule has 0 radical (unpaired) electrons. The molecule has 0 aliphatic heterocycles. The van der Waals surface area contributed by atoms with Crippen LogP contribution < -0.4 is 11.3 Å². The average Bonchev–Trinajstić information content (AvgIpc) is 2.92. The Hall–Kier alpha value is -1.000. The topological polar surface area (TPSA) is 51.2 Å². The van der Waals surface area contributed by atoms with Gasteiger partial charge in [0.2, 0.25) is 0 Å². The van der Waals surface area contributed by atoms with E-state index >= 15 is 0 Å². The van der Waals surface area contributed by atoms with Crippen LogP contribution in [0.25, 0.3) is 0 Å². The van der Waals surface area contributed by atoms with Gasteiger partial charge >= 0.3 is 0 Å². The van der Waals surface area contributed by atoms with E-state index in [4.69, 9.17) is 33.5 Å². The molecule has 1 atom stereocenters. The lowest BCUT2D eigenvalue weighted by atomic mass is 10.0. The number of hydrazine groups is 1. The first-order valence-electron chi connectivity index (χ1n) is 6.11. The zero-order chi connectivity index (χ0) is 13.7. The monoisotopic (exact) mass is 298 g/mol. The fourth-order valence-corrected chi connectivity index (χ4v) is 2.29. The predicted octanol–water partition coefficient (Wildman–Crippen LogP) is 3.59. The molecule has 19 heavy (non-hydrogen) atoms. The van der Waals surface area contributed by atoms with Crippen LogP contribution in [-0.4, -0.2) is 6.04 Å². The van der Waals surface area contributed by atoms with Gasteiger partial charge in [0.05, 0.1) is 16.3 Å². The maximum absolute atomic E-state index is 6.00. The highest BCUT2D eigenvalue weighted by Crippen LogP contribution is 2.23. The van der Waals surface area contributed by atoms with Crippen molar-refractivity contribution in [2.45, 2.75) is 25.3 Å². The average molecular weight is 299 g/mol. The smallest absolute Gasteiger partial charge is 0.103 e. The maximum atomic E-state index is 6.00. The van der Waals surface area contributed by atoms with Crippen LogP contribution in [0.2, 0.25) is 10.0 Å². The molecule has 0 amide bonds. The minimum atomic E-state index is 0.169. The SMILES string of the molecule is NNC(CCc1ccco1)Cc1ccc(Cl)c(Cl)c1. The fourth-order valence-electron chi connectivity index (χ4n) is 1.97. The van der Waals surface area contributed by atoms with E-state index in [9.17, 15) is 0 Å². The minimum Gasteiger partial charge on any atom is -0.469 e. The Kier molecular flexibility index (Phi) is 5.28. The van der Waals surface area contributed by atoms with Gasteiger partial charge in [-0.1, -0.05) is 29.3 Å².